The molecule has 0 saturated carbocycles. The fraction of sp³-hybridized carbons (Fsp3) is 0.0800. The van der Waals surface area contributed by atoms with Crippen LogP contribution in [0.25, 0.3) is 39.5 Å². The number of pyridine rings is 2. The quantitative estimate of drug-likeness (QED) is 0.363. The summed E-state index contributed by atoms with van der Waals surface area (Å²) in [6.45, 7) is 1.30. The fourth-order valence-electron chi connectivity index (χ4n) is 3.70. The molecule has 5 rings (SSSR count). The van der Waals surface area contributed by atoms with E-state index in [1.807, 2.05) is 22.8 Å². The second-order valence-electron chi connectivity index (χ2n) is 7.82. The average Bonchev–Trinajstić information content (AvgIpc) is 3.18. The predicted molar refractivity (Wildman–Crippen MR) is 124 cm³/mol. The van der Waals surface area contributed by atoms with Crippen LogP contribution in [-0.2, 0) is 5.79 Å². The lowest BCUT2D eigenvalue weighted by atomic mass is 10.1. The highest BCUT2D eigenvalue weighted by Gasteiger charge is 2.21. The Labute approximate surface area is 188 Å². The predicted octanol–water partition coefficient (Wildman–Crippen LogP) is 4.03. The molecule has 4 N–H and O–H groups in total. The van der Waals surface area contributed by atoms with Crippen molar-refractivity contribution in [3.8, 4) is 28.3 Å². The van der Waals surface area contributed by atoms with Crippen LogP contribution in [0.2, 0.25) is 0 Å². The highest BCUT2D eigenvalue weighted by molar-refractivity contribution is 5.84. The highest BCUT2D eigenvalue weighted by atomic mass is 19.1. The van der Waals surface area contributed by atoms with Crippen molar-refractivity contribution < 1.29 is 14.6 Å². The molecule has 0 unspecified atom stereocenters. The number of hydrogen-bond donors (Lipinski definition) is 3. The van der Waals surface area contributed by atoms with Crippen LogP contribution in [0.4, 0.5) is 10.2 Å². The Morgan fingerprint density at radius 3 is 2.30 bits per heavy atom. The zero-order chi connectivity index (χ0) is 23.2. The number of nitrogen functional groups attached to an aromatic ring is 1. The monoisotopic (exact) mass is 441 g/mol. The highest BCUT2D eigenvalue weighted by Crippen LogP contribution is 2.32. The summed E-state index contributed by atoms with van der Waals surface area (Å²) in [5.41, 5.74) is 10.5. The van der Waals surface area contributed by atoms with Crippen molar-refractivity contribution in [2.75, 3.05) is 5.73 Å². The molecule has 0 amide bonds. The van der Waals surface area contributed by atoms with Crippen molar-refractivity contribution in [2.24, 2.45) is 0 Å². The molecule has 164 valence electrons. The fourth-order valence-corrected chi connectivity index (χ4v) is 3.70. The van der Waals surface area contributed by atoms with Gasteiger partial charge >= 0.3 is 0 Å². The van der Waals surface area contributed by atoms with Gasteiger partial charge in [0.25, 0.3) is 0 Å². The molecule has 5 aromatic rings. The van der Waals surface area contributed by atoms with E-state index in [0.29, 0.717) is 45.3 Å². The van der Waals surface area contributed by atoms with Gasteiger partial charge in [0, 0.05) is 23.0 Å². The number of nitrogens with two attached hydrogens (primary N) is 1. The summed E-state index contributed by atoms with van der Waals surface area (Å²) in [4.78, 5) is 13.8. The molecule has 0 aliphatic rings. The minimum Gasteiger partial charge on any atom is -0.383 e. The van der Waals surface area contributed by atoms with E-state index in [-0.39, 0.29) is 5.82 Å². The summed E-state index contributed by atoms with van der Waals surface area (Å²) in [5.74, 6) is -1.41. The Bertz CT molecular complexity index is 1460. The molecule has 7 nitrogen and oxygen atoms in total. The van der Waals surface area contributed by atoms with E-state index in [1.165, 1.54) is 19.1 Å². The number of hydrogen-bond acceptors (Lipinski definition) is 6. The molecule has 2 aromatic carbocycles. The number of benzene rings is 2. The Morgan fingerprint density at radius 1 is 0.909 bits per heavy atom. The van der Waals surface area contributed by atoms with E-state index in [2.05, 4.69) is 4.98 Å². The Hall–Kier alpha value is -4.14. The number of anilines is 1. The molecule has 0 spiro atoms. The zero-order valence-electron chi connectivity index (χ0n) is 17.6. The van der Waals surface area contributed by atoms with Gasteiger partial charge in [0.1, 0.15) is 17.2 Å². The Balaban J connectivity index is 1.76. The van der Waals surface area contributed by atoms with Crippen LogP contribution in [0.5, 0.6) is 0 Å². The van der Waals surface area contributed by atoms with Gasteiger partial charge in [-0.2, -0.15) is 0 Å². The van der Waals surface area contributed by atoms with Crippen molar-refractivity contribution in [1.29, 1.82) is 0 Å². The molecule has 0 atom stereocenters. The molecule has 0 radical (unpaired) electrons. The molecule has 0 bridgehead atoms. The van der Waals surface area contributed by atoms with E-state index in [0.717, 1.165) is 5.56 Å². The average molecular weight is 441 g/mol. The number of aromatic nitrogens is 4. The van der Waals surface area contributed by atoms with Crippen molar-refractivity contribution in [1.82, 2.24) is 19.5 Å². The van der Waals surface area contributed by atoms with Crippen LogP contribution in [0.15, 0.2) is 79.0 Å². The number of halogens is 1. The smallest absolute Gasteiger partial charge is 0.186 e. The van der Waals surface area contributed by atoms with Crippen LogP contribution in [0.3, 0.4) is 0 Å². The van der Waals surface area contributed by atoms with E-state index in [1.54, 1.807) is 48.7 Å². The number of nitrogens with zero attached hydrogens (tertiary/aromatic N) is 4. The van der Waals surface area contributed by atoms with Crippen LogP contribution in [-0.4, -0.2) is 29.7 Å². The lowest BCUT2D eigenvalue weighted by Gasteiger charge is -2.17. The lowest BCUT2D eigenvalue weighted by Crippen LogP contribution is -2.19. The molecule has 0 saturated heterocycles. The van der Waals surface area contributed by atoms with Gasteiger partial charge in [-0.05, 0) is 67.6 Å². The first-order valence-corrected chi connectivity index (χ1v) is 10.2. The lowest BCUT2D eigenvalue weighted by molar-refractivity contribution is -0.152. The molecule has 3 aromatic heterocycles. The number of aliphatic hydroxyl groups is 2. The largest absolute Gasteiger partial charge is 0.383 e. The maximum absolute atomic E-state index is 13.4. The summed E-state index contributed by atoms with van der Waals surface area (Å²) in [6.07, 6.45) is 1.61. The van der Waals surface area contributed by atoms with Gasteiger partial charge < -0.3 is 15.9 Å². The van der Waals surface area contributed by atoms with Gasteiger partial charge in [0.2, 0.25) is 0 Å². The summed E-state index contributed by atoms with van der Waals surface area (Å²) < 4.78 is 15.2. The SMILES string of the molecule is CC(O)(O)c1ccc(-n2c(-c3cccnc3N)nc3ccc(-c4ccc(F)cc4)nc32)cc1. The van der Waals surface area contributed by atoms with Gasteiger partial charge in [-0.25, -0.2) is 19.3 Å². The van der Waals surface area contributed by atoms with E-state index >= 15 is 0 Å². The normalized spacial score (nSPS) is 11.8. The van der Waals surface area contributed by atoms with Crippen molar-refractivity contribution in [3.05, 3.63) is 90.4 Å². The topological polar surface area (TPSA) is 110 Å². The van der Waals surface area contributed by atoms with E-state index in [9.17, 15) is 14.6 Å². The standard InChI is InChI=1S/C25H20FN5O2/c1-25(32,33)16-6-10-18(11-7-16)31-23(19-3-2-14-28-22(19)27)30-21-13-12-20(29-24(21)31)15-4-8-17(26)9-5-15/h2-14,32-33H,1H3,(H2,27,28). The van der Waals surface area contributed by atoms with Gasteiger partial charge in [-0.15, -0.1) is 0 Å². The zero-order valence-corrected chi connectivity index (χ0v) is 17.6. The van der Waals surface area contributed by atoms with Gasteiger partial charge in [-0.1, -0.05) is 12.1 Å². The van der Waals surface area contributed by atoms with Gasteiger partial charge in [0.05, 0.1) is 11.3 Å². The van der Waals surface area contributed by atoms with Crippen molar-refractivity contribution in [2.45, 2.75) is 12.7 Å². The first-order valence-electron chi connectivity index (χ1n) is 10.2. The second-order valence-corrected chi connectivity index (χ2v) is 7.82. The summed E-state index contributed by atoms with van der Waals surface area (Å²) >= 11 is 0. The first-order chi connectivity index (χ1) is 15.8. The molecule has 0 aliphatic heterocycles. The molecule has 0 aliphatic carbocycles. The molecule has 0 fully saturated rings. The molecular weight excluding hydrogens is 421 g/mol. The maximum Gasteiger partial charge on any atom is 0.186 e. The minimum absolute atomic E-state index is 0.320. The molecule has 33 heavy (non-hydrogen) atoms. The van der Waals surface area contributed by atoms with Gasteiger partial charge in [-0.3, -0.25) is 4.57 Å². The molecular formula is C25H20FN5O2. The van der Waals surface area contributed by atoms with Crippen LogP contribution in [0.1, 0.15) is 12.5 Å². The third-order valence-corrected chi connectivity index (χ3v) is 5.40. The Morgan fingerprint density at radius 2 is 1.64 bits per heavy atom. The summed E-state index contributed by atoms with van der Waals surface area (Å²) in [6, 6.07) is 20.2. The maximum atomic E-state index is 13.4. The second kappa shape index (κ2) is 7.77. The molecule has 3 heterocycles. The third-order valence-electron chi connectivity index (χ3n) is 5.40. The number of fused-ring (bicyclic) bond motifs is 1. The Kier molecular flexibility index (Phi) is 4.88. The number of rotatable bonds is 4. The van der Waals surface area contributed by atoms with Crippen LogP contribution < -0.4 is 5.73 Å². The minimum atomic E-state index is -1.96. The molecule has 8 heteroatoms. The van der Waals surface area contributed by atoms with Crippen LogP contribution in [0, 0.1) is 5.82 Å². The van der Waals surface area contributed by atoms with Gasteiger partial charge in [0.15, 0.2) is 17.3 Å². The number of imidazole rings is 1. The van der Waals surface area contributed by atoms with E-state index < -0.39 is 5.79 Å². The van der Waals surface area contributed by atoms with Crippen molar-refractivity contribution in [3.63, 3.8) is 0 Å². The first kappa shape index (κ1) is 20.7. The van der Waals surface area contributed by atoms with Crippen LogP contribution >= 0.6 is 0 Å². The van der Waals surface area contributed by atoms with E-state index in [4.69, 9.17) is 15.7 Å². The summed E-state index contributed by atoms with van der Waals surface area (Å²) in [5, 5.41) is 19.8. The third kappa shape index (κ3) is 3.82. The van der Waals surface area contributed by atoms with Crippen molar-refractivity contribution >= 4 is 17.0 Å². The summed E-state index contributed by atoms with van der Waals surface area (Å²) in [7, 11) is 0.